The largest absolute Gasteiger partial charge is 0.461 e. The van der Waals surface area contributed by atoms with Crippen molar-refractivity contribution >= 4 is 11.0 Å². The third-order valence-electron chi connectivity index (χ3n) is 2.82. The monoisotopic (exact) mass is 223 g/mol. The molecule has 0 aliphatic rings. The smallest absolute Gasteiger partial charge is 0.169 e. The van der Waals surface area contributed by atoms with Crippen LogP contribution in [-0.2, 0) is 0 Å². The minimum Gasteiger partial charge on any atom is -0.461 e. The van der Waals surface area contributed by atoms with E-state index in [1.165, 1.54) is 0 Å². The Hall–Kier alpha value is -1.39. The van der Waals surface area contributed by atoms with Gasteiger partial charge in [0.05, 0.1) is 11.5 Å². The van der Waals surface area contributed by atoms with Crippen molar-refractivity contribution < 1.29 is 13.9 Å². The van der Waals surface area contributed by atoms with E-state index in [1.54, 1.807) is 25.2 Å². The quantitative estimate of drug-likeness (QED) is 0.838. The van der Waals surface area contributed by atoms with Crippen molar-refractivity contribution in [2.45, 2.75) is 19.1 Å². The molecular weight excluding hydrogens is 209 g/mol. The van der Waals surface area contributed by atoms with Crippen LogP contribution in [0.5, 0.6) is 0 Å². The first kappa shape index (κ1) is 11.1. The molecule has 0 radical (unpaired) electrons. The molecule has 2 aromatic rings. The minimum atomic E-state index is -0.637. The highest BCUT2D eigenvalue weighted by atomic mass is 19.1. The van der Waals surface area contributed by atoms with Crippen LogP contribution in [0.2, 0.25) is 0 Å². The summed E-state index contributed by atoms with van der Waals surface area (Å²) in [4.78, 5) is 0. The van der Waals surface area contributed by atoms with Crippen LogP contribution in [0.1, 0.15) is 18.6 Å². The van der Waals surface area contributed by atoms with Gasteiger partial charge in [-0.25, -0.2) is 4.39 Å². The summed E-state index contributed by atoms with van der Waals surface area (Å²) in [5.41, 5.74) is 1.17. The van der Waals surface area contributed by atoms with Crippen LogP contribution < -0.4 is 5.32 Å². The van der Waals surface area contributed by atoms with Gasteiger partial charge in [0.15, 0.2) is 5.82 Å². The third-order valence-corrected chi connectivity index (χ3v) is 2.82. The lowest BCUT2D eigenvalue weighted by Crippen LogP contribution is -2.28. The number of hydrogen-bond donors (Lipinski definition) is 2. The van der Waals surface area contributed by atoms with Gasteiger partial charge >= 0.3 is 0 Å². The van der Waals surface area contributed by atoms with Crippen molar-refractivity contribution in [1.82, 2.24) is 5.32 Å². The Kier molecular flexibility index (Phi) is 2.94. The van der Waals surface area contributed by atoms with Gasteiger partial charge in [0.25, 0.3) is 0 Å². The maximum Gasteiger partial charge on any atom is 0.169 e. The maximum absolute atomic E-state index is 13.1. The van der Waals surface area contributed by atoms with Gasteiger partial charge < -0.3 is 14.8 Å². The SMILES string of the molecule is CNC(C)C(O)c1ccc2c(F)coc2c1. The van der Waals surface area contributed by atoms with Crippen molar-refractivity contribution in [2.24, 2.45) is 0 Å². The average molecular weight is 223 g/mol. The lowest BCUT2D eigenvalue weighted by Gasteiger charge is -2.18. The molecule has 86 valence electrons. The lowest BCUT2D eigenvalue weighted by molar-refractivity contribution is 0.140. The van der Waals surface area contributed by atoms with Crippen LogP contribution in [0.25, 0.3) is 11.0 Å². The Labute approximate surface area is 92.9 Å². The normalized spacial score (nSPS) is 15.2. The number of aliphatic hydroxyl groups is 1. The molecule has 4 heteroatoms. The topological polar surface area (TPSA) is 45.4 Å². The van der Waals surface area contributed by atoms with Crippen molar-refractivity contribution in [1.29, 1.82) is 0 Å². The van der Waals surface area contributed by atoms with E-state index in [2.05, 4.69) is 5.32 Å². The molecule has 0 spiro atoms. The number of aliphatic hydroxyl groups excluding tert-OH is 1. The molecule has 0 aliphatic heterocycles. The Morgan fingerprint density at radius 2 is 2.19 bits per heavy atom. The van der Waals surface area contributed by atoms with Crippen LogP contribution in [0.15, 0.2) is 28.9 Å². The number of benzene rings is 1. The Morgan fingerprint density at radius 1 is 1.44 bits per heavy atom. The number of halogens is 1. The Bertz CT molecular complexity index is 495. The van der Waals surface area contributed by atoms with Crippen LogP contribution in [0.4, 0.5) is 4.39 Å². The summed E-state index contributed by atoms with van der Waals surface area (Å²) in [5.74, 6) is -0.377. The molecule has 2 unspecified atom stereocenters. The first-order chi connectivity index (χ1) is 7.63. The van der Waals surface area contributed by atoms with E-state index in [0.717, 1.165) is 6.26 Å². The molecule has 16 heavy (non-hydrogen) atoms. The van der Waals surface area contributed by atoms with Gasteiger partial charge in [0.2, 0.25) is 0 Å². The van der Waals surface area contributed by atoms with E-state index in [0.29, 0.717) is 16.5 Å². The fourth-order valence-corrected chi connectivity index (χ4v) is 1.64. The number of furan rings is 1. The molecule has 0 bridgehead atoms. The molecular formula is C12H14FNO2. The Balaban J connectivity index is 2.39. The lowest BCUT2D eigenvalue weighted by atomic mass is 10.0. The van der Waals surface area contributed by atoms with E-state index in [-0.39, 0.29) is 11.9 Å². The standard InChI is InChI=1S/C12H14FNO2/c1-7(14-2)12(15)8-3-4-9-10(13)6-16-11(9)5-8/h3-7,12,14-15H,1-2H3. The number of likely N-dealkylation sites (N-methyl/N-ethyl adjacent to an activating group) is 1. The van der Waals surface area contributed by atoms with Gasteiger partial charge in [0, 0.05) is 6.04 Å². The summed E-state index contributed by atoms with van der Waals surface area (Å²) >= 11 is 0. The molecule has 1 aromatic carbocycles. The van der Waals surface area contributed by atoms with Crippen molar-refractivity contribution in [3.8, 4) is 0 Å². The van der Waals surface area contributed by atoms with E-state index < -0.39 is 6.10 Å². The highest BCUT2D eigenvalue weighted by molar-refractivity contribution is 5.78. The van der Waals surface area contributed by atoms with Gasteiger partial charge in [0.1, 0.15) is 11.8 Å². The first-order valence-electron chi connectivity index (χ1n) is 5.15. The van der Waals surface area contributed by atoms with Crippen LogP contribution in [0, 0.1) is 5.82 Å². The molecule has 1 heterocycles. The molecule has 0 saturated heterocycles. The second kappa shape index (κ2) is 4.23. The van der Waals surface area contributed by atoms with Gasteiger partial charge in [-0.15, -0.1) is 0 Å². The molecule has 1 aromatic heterocycles. The van der Waals surface area contributed by atoms with E-state index >= 15 is 0 Å². The highest BCUT2D eigenvalue weighted by Gasteiger charge is 2.16. The van der Waals surface area contributed by atoms with E-state index in [4.69, 9.17) is 4.42 Å². The average Bonchev–Trinajstić information content (AvgIpc) is 2.68. The molecule has 2 rings (SSSR count). The van der Waals surface area contributed by atoms with E-state index in [1.807, 2.05) is 6.92 Å². The molecule has 3 nitrogen and oxygen atoms in total. The summed E-state index contributed by atoms with van der Waals surface area (Å²) in [5, 5.41) is 13.4. The van der Waals surface area contributed by atoms with Gasteiger partial charge in [-0.3, -0.25) is 0 Å². The van der Waals surface area contributed by atoms with Crippen molar-refractivity contribution in [3.05, 3.63) is 35.8 Å². The fourth-order valence-electron chi connectivity index (χ4n) is 1.64. The third kappa shape index (κ3) is 1.81. The summed E-state index contributed by atoms with van der Waals surface area (Å²) in [6.45, 7) is 1.87. The number of nitrogens with one attached hydrogen (secondary N) is 1. The van der Waals surface area contributed by atoms with Gasteiger partial charge in [-0.05, 0) is 31.7 Å². The number of hydrogen-bond acceptors (Lipinski definition) is 3. The second-order valence-corrected chi connectivity index (χ2v) is 3.86. The molecule has 0 fully saturated rings. The van der Waals surface area contributed by atoms with Crippen LogP contribution in [-0.4, -0.2) is 18.2 Å². The second-order valence-electron chi connectivity index (χ2n) is 3.86. The van der Waals surface area contributed by atoms with Crippen molar-refractivity contribution in [3.63, 3.8) is 0 Å². The summed E-state index contributed by atoms with van der Waals surface area (Å²) in [6, 6.07) is 4.92. The van der Waals surface area contributed by atoms with Crippen LogP contribution >= 0.6 is 0 Å². The molecule has 0 saturated carbocycles. The summed E-state index contributed by atoms with van der Waals surface area (Å²) < 4.78 is 18.2. The number of rotatable bonds is 3. The zero-order valence-corrected chi connectivity index (χ0v) is 9.20. The zero-order valence-electron chi connectivity index (χ0n) is 9.20. The number of fused-ring (bicyclic) bond motifs is 1. The molecule has 2 atom stereocenters. The zero-order chi connectivity index (χ0) is 11.7. The van der Waals surface area contributed by atoms with Gasteiger partial charge in [-0.1, -0.05) is 6.07 Å². The van der Waals surface area contributed by atoms with E-state index in [9.17, 15) is 9.50 Å². The van der Waals surface area contributed by atoms with Crippen LogP contribution in [0.3, 0.4) is 0 Å². The highest BCUT2D eigenvalue weighted by Crippen LogP contribution is 2.25. The predicted octanol–water partition coefficient (Wildman–Crippen LogP) is 2.21. The fraction of sp³-hybridized carbons (Fsp3) is 0.333. The predicted molar refractivity (Wildman–Crippen MR) is 59.7 cm³/mol. The molecule has 0 aliphatic carbocycles. The summed E-state index contributed by atoms with van der Waals surface area (Å²) in [6.07, 6.45) is 0.435. The Morgan fingerprint density at radius 3 is 2.88 bits per heavy atom. The first-order valence-corrected chi connectivity index (χ1v) is 5.15. The molecule has 2 N–H and O–H groups in total. The van der Waals surface area contributed by atoms with Crippen molar-refractivity contribution in [2.75, 3.05) is 7.05 Å². The van der Waals surface area contributed by atoms with Gasteiger partial charge in [-0.2, -0.15) is 0 Å². The maximum atomic E-state index is 13.1. The minimum absolute atomic E-state index is 0.0720. The molecule has 0 amide bonds. The summed E-state index contributed by atoms with van der Waals surface area (Å²) in [7, 11) is 1.78.